The monoisotopic (exact) mass is 825 g/mol. The van der Waals surface area contributed by atoms with Crippen molar-refractivity contribution in [3.8, 4) is 0 Å². The zero-order valence-corrected chi connectivity index (χ0v) is 35.2. The molecule has 2 aromatic rings. The third-order valence-electron chi connectivity index (χ3n) is 11.9. The van der Waals surface area contributed by atoms with Crippen LogP contribution in [0.3, 0.4) is 0 Å². The van der Waals surface area contributed by atoms with Crippen LogP contribution in [0.4, 0.5) is 4.79 Å². The molecule has 11 atom stereocenters. The van der Waals surface area contributed by atoms with Crippen molar-refractivity contribution in [2.75, 3.05) is 20.8 Å². The number of aliphatic hydroxyl groups excluding tert-OH is 1. The number of benzene rings is 2. The van der Waals surface area contributed by atoms with Crippen LogP contribution in [0, 0.1) is 23.2 Å². The van der Waals surface area contributed by atoms with Gasteiger partial charge in [0, 0.05) is 45.8 Å². The largest absolute Gasteiger partial charge is 0.481 e. The molecular weight excluding hydrogens is 766 g/mol. The Morgan fingerprint density at radius 1 is 0.949 bits per heavy atom. The smallest absolute Gasteiger partial charge is 0.408 e. The summed E-state index contributed by atoms with van der Waals surface area (Å²) in [5, 5.41) is 42.2. The van der Waals surface area contributed by atoms with Crippen LogP contribution in [0.2, 0.25) is 0 Å². The summed E-state index contributed by atoms with van der Waals surface area (Å²) in [5.74, 6) is -3.49. The molecule has 2 saturated carbocycles. The first-order valence-corrected chi connectivity index (χ1v) is 19.6. The van der Waals surface area contributed by atoms with E-state index in [1.165, 1.54) is 7.11 Å². The average molecular weight is 826 g/mol. The molecule has 1 saturated heterocycles. The highest BCUT2D eigenvalue weighted by molar-refractivity contribution is 5.93. The summed E-state index contributed by atoms with van der Waals surface area (Å²) >= 11 is 0. The van der Waals surface area contributed by atoms with Crippen LogP contribution in [0.15, 0.2) is 71.8 Å². The number of hydrogen-bond acceptors (Lipinski definition) is 12. The van der Waals surface area contributed by atoms with Gasteiger partial charge in [-0.2, -0.15) is 0 Å². The number of carbonyl (C=O) groups is 5. The number of carbonyl (C=O) groups excluding carboxylic acids is 3. The van der Waals surface area contributed by atoms with E-state index in [0.29, 0.717) is 35.3 Å². The van der Waals surface area contributed by atoms with Crippen LogP contribution in [0.1, 0.15) is 89.7 Å². The number of ketones is 1. The molecule has 1 aliphatic heterocycles. The molecule has 1 heterocycles. The van der Waals surface area contributed by atoms with Crippen molar-refractivity contribution in [3.05, 3.63) is 82.9 Å². The second-order valence-electron chi connectivity index (χ2n) is 16.8. The van der Waals surface area contributed by atoms with Gasteiger partial charge in [0.15, 0.2) is 11.9 Å². The number of esters is 1. The number of carboxylic acids is 2. The van der Waals surface area contributed by atoms with E-state index in [4.69, 9.17) is 38.7 Å². The molecule has 5 N–H and O–H groups in total. The van der Waals surface area contributed by atoms with Gasteiger partial charge in [0.1, 0.15) is 17.8 Å². The van der Waals surface area contributed by atoms with Crippen molar-refractivity contribution in [1.29, 1.82) is 0 Å². The average Bonchev–Trinajstić information content (AvgIpc) is 3.16. The molecule has 1 amide bonds. The van der Waals surface area contributed by atoms with Gasteiger partial charge in [0.05, 0.1) is 41.4 Å². The molecular formula is C44H59NO14. The minimum Gasteiger partial charge on any atom is -0.481 e. The van der Waals surface area contributed by atoms with E-state index in [0.717, 1.165) is 6.92 Å². The molecule has 3 fully saturated rings. The molecule has 0 aromatic heterocycles. The highest BCUT2D eigenvalue weighted by atomic mass is 16.6. The lowest BCUT2D eigenvalue weighted by atomic mass is 9.49. The number of fused-ring (bicyclic) bond motifs is 5. The summed E-state index contributed by atoms with van der Waals surface area (Å²) in [6.45, 7) is 12.3. The number of aromatic carboxylic acids is 1. The second kappa shape index (κ2) is 19.1. The molecule has 3 aliphatic carbocycles. The molecule has 6 rings (SSSR count). The lowest BCUT2D eigenvalue weighted by molar-refractivity contribution is -0.243. The number of ether oxygens (including phenoxy) is 5. The Labute approximate surface area is 345 Å². The summed E-state index contributed by atoms with van der Waals surface area (Å²) < 4.78 is 29.1. The zero-order chi connectivity index (χ0) is 44.0. The van der Waals surface area contributed by atoms with Crippen LogP contribution in [-0.4, -0.2) is 113 Å². The van der Waals surface area contributed by atoms with Gasteiger partial charge in [-0.1, -0.05) is 55.5 Å². The number of rotatable bonds is 8. The highest BCUT2D eigenvalue weighted by Gasteiger charge is 2.65. The first kappa shape index (κ1) is 47.0. The van der Waals surface area contributed by atoms with E-state index < -0.39 is 77.0 Å². The molecule has 15 heteroatoms. The number of nitrogens with one attached hydrogen (secondary N) is 1. The Kier molecular flexibility index (Phi) is 15.3. The predicted molar refractivity (Wildman–Crippen MR) is 213 cm³/mol. The molecule has 0 radical (unpaired) electrons. The molecule has 10 unspecified atom stereocenters. The number of alkyl carbamates (subject to hydrolysis) is 1. The molecule has 2 aromatic carbocycles. The minimum absolute atomic E-state index is 0.0601. The lowest BCUT2D eigenvalue weighted by Crippen LogP contribution is -2.68. The van der Waals surface area contributed by atoms with Crippen LogP contribution in [-0.2, 0) is 38.1 Å². The number of aliphatic hydroxyl groups is 2. The second-order valence-corrected chi connectivity index (χ2v) is 16.8. The van der Waals surface area contributed by atoms with Gasteiger partial charge in [-0.15, -0.1) is 0 Å². The van der Waals surface area contributed by atoms with Gasteiger partial charge in [-0.25, -0.2) is 14.4 Å². The Bertz CT molecular complexity index is 1840. The Morgan fingerprint density at radius 2 is 1.53 bits per heavy atom. The quantitative estimate of drug-likeness (QED) is 0.172. The van der Waals surface area contributed by atoms with Crippen LogP contribution < -0.4 is 5.32 Å². The van der Waals surface area contributed by atoms with Gasteiger partial charge in [0.25, 0.3) is 5.97 Å². The maximum Gasteiger partial charge on any atom is 0.408 e. The predicted octanol–water partition coefficient (Wildman–Crippen LogP) is 5.13. The summed E-state index contributed by atoms with van der Waals surface area (Å²) in [4.78, 5) is 60.2. The third-order valence-corrected chi connectivity index (χ3v) is 11.9. The first-order valence-electron chi connectivity index (χ1n) is 19.6. The highest BCUT2D eigenvalue weighted by Crippen LogP contribution is 2.59. The molecule has 324 valence electrons. The zero-order valence-electron chi connectivity index (χ0n) is 35.2. The van der Waals surface area contributed by atoms with Crippen molar-refractivity contribution in [3.63, 3.8) is 0 Å². The van der Waals surface area contributed by atoms with Crippen molar-refractivity contribution in [2.45, 2.75) is 115 Å². The van der Waals surface area contributed by atoms with Gasteiger partial charge < -0.3 is 49.4 Å². The molecule has 2 bridgehead atoms. The number of amides is 1. The molecule has 4 aliphatic rings. The molecule has 0 spiro atoms. The number of Topliss-reactive ketones (excluding diaryl/α,β-unsaturated/α-hetero) is 1. The number of hydrogen-bond donors (Lipinski definition) is 5. The van der Waals surface area contributed by atoms with Gasteiger partial charge in [0.2, 0.25) is 0 Å². The topological polar surface area (TPSA) is 224 Å². The summed E-state index contributed by atoms with van der Waals surface area (Å²) in [7, 11) is 3.07. The molecule has 59 heavy (non-hydrogen) atoms. The minimum atomic E-state index is -1.80. The van der Waals surface area contributed by atoms with E-state index in [-0.39, 0.29) is 36.6 Å². The number of methoxy groups -OCH3 is 2. The van der Waals surface area contributed by atoms with E-state index in [9.17, 15) is 29.4 Å². The summed E-state index contributed by atoms with van der Waals surface area (Å²) in [6.07, 6.45) is -4.13. The number of carboxylic acid groups (broad SMARTS) is 2. The van der Waals surface area contributed by atoms with E-state index in [1.807, 2.05) is 13.8 Å². The van der Waals surface area contributed by atoms with Crippen LogP contribution in [0.5, 0.6) is 0 Å². The van der Waals surface area contributed by atoms with Crippen molar-refractivity contribution < 1.29 is 68.1 Å². The fourth-order valence-corrected chi connectivity index (χ4v) is 8.84. The fourth-order valence-electron chi connectivity index (χ4n) is 8.84. The van der Waals surface area contributed by atoms with E-state index >= 15 is 0 Å². The fraction of sp³-hybridized carbons (Fsp3) is 0.568. The Hall–Kier alpha value is -4.67. The lowest BCUT2D eigenvalue weighted by Gasteiger charge is -2.61. The van der Waals surface area contributed by atoms with Crippen molar-refractivity contribution >= 4 is 29.8 Å². The van der Waals surface area contributed by atoms with E-state index in [1.54, 1.807) is 95.5 Å². The summed E-state index contributed by atoms with van der Waals surface area (Å²) in [6, 6.07) is 15.7. The first-order chi connectivity index (χ1) is 27.6. The Balaban J connectivity index is 0.000000506. The normalized spacial score (nSPS) is 30.6. The third kappa shape index (κ3) is 10.6. The SMILES string of the molecule is CC(=O)O.COC1C(=O)C2(C)C(OC)CC3OCC3C2CC2(O)C[C@H](OC(=O)C(O)C(NC(=O)OC(C)(C)C)c3ccccc3)C(C)=C1C2C.O=C(O)c1ccccc1. The van der Waals surface area contributed by atoms with Gasteiger partial charge in [-0.3, -0.25) is 9.59 Å². The van der Waals surface area contributed by atoms with Gasteiger partial charge in [-0.05, 0) is 75.8 Å². The maximum atomic E-state index is 14.6. The van der Waals surface area contributed by atoms with Crippen LogP contribution >= 0.6 is 0 Å². The van der Waals surface area contributed by atoms with E-state index in [2.05, 4.69) is 5.32 Å². The standard InChI is InChI=1S/C35H49NO10.C7H6O2.C2H4O2/c1-18-24(45-31(39)28(37)27(20-12-10-9-11-13-20)36-32(40)46-33(3,4)5)16-35(41)15-22-21-17-44-23(21)14-25(42-7)34(22,6)30(38)29(43-8)26(18)19(35)2;8-7(9)6-4-2-1-3-5-6;1-2(3)4/h9-13,19,21-25,27-29,37,41H,14-17H2,1-8H3,(H,36,40);1-5H,(H,8,9);1H3,(H,3,4)/t19?,21?,22?,23?,24-,25?,27?,28?,29?,34?,35?;;/m0../s1. The van der Waals surface area contributed by atoms with Gasteiger partial charge >= 0.3 is 18.0 Å². The number of aliphatic carboxylic acids is 1. The molecule has 15 nitrogen and oxygen atoms in total. The summed E-state index contributed by atoms with van der Waals surface area (Å²) in [5.41, 5.74) is -1.14. The Morgan fingerprint density at radius 3 is 2.00 bits per heavy atom. The van der Waals surface area contributed by atoms with Crippen molar-refractivity contribution in [1.82, 2.24) is 5.32 Å². The van der Waals surface area contributed by atoms with Crippen molar-refractivity contribution in [2.24, 2.45) is 23.2 Å². The van der Waals surface area contributed by atoms with Crippen LogP contribution in [0.25, 0.3) is 0 Å². The maximum absolute atomic E-state index is 14.6.